The molecule has 28 heteroatoms. The fraction of sp³-hybridized carbons (Fsp3) is 0.200. The molecule has 0 saturated carbocycles. The predicted molar refractivity (Wildman–Crippen MR) is 429 cm³/mol. The normalized spacial score (nSPS) is 10.8. The summed E-state index contributed by atoms with van der Waals surface area (Å²) in [7, 11) is 1.42. The molecular weight excluding hydrogens is 1450 g/mol. The molecule has 0 aliphatic carbocycles. The van der Waals surface area contributed by atoms with Crippen molar-refractivity contribution in [1.82, 2.24) is 15.3 Å². The Morgan fingerprint density at radius 2 is 0.929 bits per heavy atom. The molecule has 7 amide bonds. The summed E-state index contributed by atoms with van der Waals surface area (Å²) in [5, 5.41) is 52.0. The van der Waals surface area contributed by atoms with Gasteiger partial charge in [0.15, 0.2) is 5.75 Å². The SMILES string of the molecule is CC(C)COc1cc(C(=O)Nc2ncc[nH]2)ccc1NC(=O)c1ccc(NC(=O)c2ccc([N+](=O)[O-])c(OCCO)c2)c(OCC(C)C)c1.COc1cc(C(=O)Nc2ccc(C(=O)NCc3ccc4ccccc4c3)cc2OCc2ccccc2)ccc1NC(=O)c1ccc(NC(=O)CCN)c(OCCc2ccc(O)cc2)c1. The van der Waals surface area contributed by atoms with Crippen molar-refractivity contribution in [2.24, 2.45) is 17.6 Å². The quantitative estimate of drug-likeness (QED) is 0.0132. The van der Waals surface area contributed by atoms with Gasteiger partial charge in [0.05, 0.1) is 66.9 Å². The highest BCUT2D eigenvalue weighted by Crippen LogP contribution is 2.36. The second kappa shape index (κ2) is 39.8. The van der Waals surface area contributed by atoms with Crippen LogP contribution in [-0.4, -0.2) is 113 Å². The third-order valence-electron chi connectivity index (χ3n) is 16.8. The average molecular weight is 1530 g/mol. The van der Waals surface area contributed by atoms with Crippen LogP contribution in [0.15, 0.2) is 219 Å². The number of amides is 7. The molecule has 12 N–H and O–H groups in total. The first kappa shape index (κ1) is 81.4. The molecule has 10 aromatic carbocycles. The Morgan fingerprint density at radius 1 is 0.478 bits per heavy atom. The van der Waals surface area contributed by atoms with E-state index in [1.54, 1.807) is 85.1 Å². The van der Waals surface area contributed by atoms with E-state index in [0.717, 1.165) is 33.5 Å². The number of aliphatic hydroxyl groups excluding tert-OH is 1. The van der Waals surface area contributed by atoms with Crippen LogP contribution in [0, 0.1) is 22.0 Å². The number of anilines is 6. The lowest BCUT2D eigenvalue weighted by Crippen LogP contribution is -2.23. The van der Waals surface area contributed by atoms with Crippen LogP contribution in [0.3, 0.4) is 0 Å². The van der Waals surface area contributed by atoms with Crippen molar-refractivity contribution in [2.45, 2.75) is 53.7 Å². The number of H-pyrrole nitrogens is 1. The van der Waals surface area contributed by atoms with Gasteiger partial charge in [0, 0.05) is 83.8 Å². The van der Waals surface area contributed by atoms with Crippen LogP contribution in [0.4, 0.5) is 40.1 Å². The van der Waals surface area contributed by atoms with Crippen LogP contribution in [0.5, 0.6) is 40.2 Å². The first-order valence-electron chi connectivity index (χ1n) is 36.0. The van der Waals surface area contributed by atoms with E-state index in [4.69, 9.17) is 39.3 Å². The van der Waals surface area contributed by atoms with Crippen molar-refractivity contribution in [3.63, 3.8) is 0 Å². The van der Waals surface area contributed by atoms with E-state index in [-0.39, 0.29) is 144 Å². The number of ether oxygens (including phenoxy) is 6. The topological polar surface area (TPSA) is 397 Å². The number of methoxy groups -OCH3 is 1. The summed E-state index contributed by atoms with van der Waals surface area (Å²) in [6.07, 6.45) is 3.69. The lowest BCUT2D eigenvalue weighted by atomic mass is 10.1. The van der Waals surface area contributed by atoms with Crippen molar-refractivity contribution in [3.8, 4) is 40.2 Å². The smallest absolute Gasteiger partial charge is 0.310 e. The second-order valence-corrected chi connectivity index (χ2v) is 26.4. The van der Waals surface area contributed by atoms with Gasteiger partial charge in [0.25, 0.3) is 35.4 Å². The van der Waals surface area contributed by atoms with Crippen LogP contribution in [0.2, 0.25) is 0 Å². The number of aromatic nitrogens is 2. The van der Waals surface area contributed by atoms with E-state index < -0.39 is 34.5 Å². The molecule has 0 bridgehead atoms. The van der Waals surface area contributed by atoms with E-state index in [0.29, 0.717) is 59.4 Å². The highest BCUT2D eigenvalue weighted by atomic mass is 16.6. The molecule has 11 aromatic rings. The van der Waals surface area contributed by atoms with Gasteiger partial charge in [-0.2, -0.15) is 0 Å². The Hall–Kier alpha value is -14.1. The van der Waals surface area contributed by atoms with Gasteiger partial charge in [0.1, 0.15) is 47.7 Å². The maximum absolute atomic E-state index is 13.8. The van der Waals surface area contributed by atoms with Crippen LogP contribution in [0.25, 0.3) is 10.8 Å². The van der Waals surface area contributed by atoms with E-state index in [2.05, 4.69) is 47.2 Å². The summed E-state index contributed by atoms with van der Waals surface area (Å²) < 4.78 is 35.0. The summed E-state index contributed by atoms with van der Waals surface area (Å²) in [6, 6.07) is 57.2. The summed E-state index contributed by atoms with van der Waals surface area (Å²) in [4.78, 5) is 110. The number of aliphatic hydroxyl groups is 1. The molecule has 0 fully saturated rings. The summed E-state index contributed by atoms with van der Waals surface area (Å²) >= 11 is 0. The molecule has 0 aliphatic rings. The van der Waals surface area contributed by atoms with Crippen molar-refractivity contribution >= 4 is 92.2 Å². The number of rotatable bonds is 34. The number of carbonyl (C=O) groups is 7. The van der Waals surface area contributed by atoms with Crippen molar-refractivity contribution in [2.75, 3.05) is 78.6 Å². The van der Waals surface area contributed by atoms with Gasteiger partial charge in [-0.1, -0.05) is 107 Å². The molecule has 0 aliphatic heterocycles. The fourth-order valence-electron chi connectivity index (χ4n) is 11.0. The highest BCUT2D eigenvalue weighted by molar-refractivity contribution is 6.11. The van der Waals surface area contributed by atoms with Gasteiger partial charge >= 0.3 is 5.69 Å². The number of hydrogen-bond donors (Lipinski definition) is 11. The molecule has 0 saturated heterocycles. The number of nitro benzene ring substituents is 1. The Bertz CT molecular complexity index is 5200. The zero-order chi connectivity index (χ0) is 80.3. The predicted octanol–water partition coefficient (Wildman–Crippen LogP) is 14.0. The van der Waals surface area contributed by atoms with E-state index >= 15 is 0 Å². The average Bonchev–Trinajstić information content (AvgIpc) is 1.82. The van der Waals surface area contributed by atoms with Crippen molar-refractivity contribution in [1.29, 1.82) is 0 Å². The molecule has 1 aromatic heterocycles. The van der Waals surface area contributed by atoms with Crippen LogP contribution < -0.4 is 71.4 Å². The van der Waals surface area contributed by atoms with E-state index in [1.165, 1.54) is 61.8 Å². The first-order valence-corrected chi connectivity index (χ1v) is 36.0. The number of nitrogens with zero attached hydrogens (tertiary/aromatic N) is 2. The van der Waals surface area contributed by atoms with Gasteiger partial charge in [0.2, 0.25) is 11.9 Å². The number of aromatic amines is 1. The van der Waals surface area contributed by atoms with Gasteiger partial charge in [-0.3, -0.25) is 49.0 Å². The van der Waals surface area contributed by atoms with E-state index in [9.17, 15) is 48.8 Å². The number of phenolic OH excluding ortho intramolecular Hbond substituents is 1. The second-order valence-electron chi connectivity index (χ2n) is 26.4. The minimum Gasteiger partial charge on any atom is -0.508 e. The minimum atomic E-state index is -0.650. The van der Waals surface area contributed by atoms with Crippen molar-refractivity contribution < 1.29 is 77.1 Å². The Balaban J connectivity index is 0.000000249. The highest BCUT2D eigenvalue weighted by Gasteiger charge is 2.24. The molecule has 1 heterocycles. The standard InChI is InChI=1S/C51H47N5O8.C34H38N6O9/c1-62-45-28-39(16-20-42(45)55-51(61)40-17-21-43(54-48(58)23-25-52)46(30-40)63-26-24-33-12-18-41(57)19-13-33)50(60)56-44-22-15-38(29-47(44)64-32-34-7-3-2-4-8-34)49(59)53-31-35-11-14-36-9-5-6-10-37(36)27-35;1-20(2)18-48-28-15-22(5-8-25(28)38-32(43)24-7-10-27(40(45)46)30(17-24)47-14-13-41)31(42)37-26-9-6-23(16-29(26)49-19-21(3)4)33(44)39-34-35-11-12-36-34/h2-22,27-30,57H,23-26,31-32,52H2,1H3,(H,53,59)(H,54,58)(H,55,61)(H,56,60);5-12,15-17,20-21,41H,13-14,18-19H2,1-4H3,(H,37,42)(H,38,43)(H2,35,36,39,44). The monoisotopic (exact) mass is 1530 g/mol. The number of nitrogens with one attached hydrogen (secondary N) is 8. The molecule has 11 rings (SSSR count). The first-order chi connectivity index (χ1) is 54.6. The lowest BCUT2D eigenvalue weighted by molar-refractivity contribution is -0.385. The Labute approximate surface area is 650 Å². The maximum atomic E-state index is 13.8. The number of nitrogens with two attached hydrogens (primary N) is 1. The van der Waals surface area contributed by atoms with Crippen LogP contribution in [-0.2, 0) is 24.4 Å². The maximum Gasteiger partial charge on any atom is 0.310 e. The number of phenols is 1. The van der Waals surface area contributed by atoms with Gasteiger partial charge in [-0.25, -0.2) is 4.98 Å². The third-order valence-corrected chi connectivity index (χ3v) is 16.8. The summed E-state index contributed by atoms with van der Waals surface area (Å²) in [5.74, 6) is -1.30. The van der Waals surface area contributed by atoms with Crippen molar-refractivity contribution in [3.05, 3.63) is 279 Å². The number of imidazole rings is 1. The largest absolute Gasteiger partial charge is 0.508 e. The molecule has 28 nitrogen and oxygen atoms in total. The van der Waals surface area contributed by atoms with Crippen LogP contribution in [0.1, 0.15) is 113 Å². The number of hydrogen-bond acceptors (Lipinski definition) is 19. The lowest BCUT2D eigenvalue weighted by Gasteiger charge is -2.17. The number of carbonyl (C=O) groups excluding carboxylic acids is 7. The molecule has 0 spiro atoms. The number of fused-ring (bicyclic) bond motifs is 1. The van der Waals surface area contributed by atoms with Gasteiger partial charge in [-0.05, 0) is 155 Å². The zero-order valence-corrected chi connectivity index (χ0v) is 62.5. The Morgan fingerprint density at radius 3 is 1.43 bits per heavy atom. The van der Waals surface area contributed by atoms with Gasteiger partial charge in [-0.15, -0.1) is 0 Å². The number of aromatic hydroxyl groups is 1. The third kappa shape index (κ3) is 23.5. The molecule has 113 heavy (non-hydrogen) atoms. The molecule has 0 unspecified atom stereocenters. The van der Waals surface area contributed by atoms with Gasteiger partial charge < -0.3 is 81.3 Å². The molecular formula is C85H85N11O17. The van der Waals surface area contributed by atoms with E-state index in [1.807, 2.05) is 100 Å². The van der Waals surface area contributed by atoms with Crippen LogP contribution >= 0.6 is 0 Å². The molecule has 0 atom stereocenters. The summed E-state index contributed by atoms with van der Waals surface area (Å²) in [6.45, 7) is 8.76. The fourth-order valence-corrected chi connectivity index (χ4v) is 11.0. The molecule has 582 valence electrons. The zero-order valence-electron chi connectivity index (χ0n) is 62.5. The Kier molecular flexibility index (Phi) is 28.7. The number of benzene rings is 10. The molecule has 0 radical (unpaired) electrons. The minimum absolute atomic E-state index is 0.0605. The summed E-state index contributed by atoms with van der Waals surface area (Å²) in [5.41, 5.74) is 10.9. The number of nitro groups is 1.